The van der Waals surface area contributed by atoms with E-state index in [9.17, 15) is 12.8 Å². The van der Waals surface area contributed by atoms with Gasteiger partial charge in [-0.1, -0.05) is 13.8 Å². The number of rotatable bonds is 6. The Morgan fingerprint density at radius 2 is 2.05 bits per heavy atom. The average molecular weight is 367 g/mol. The van der Waals surface area contributed by atoms with E-state index in [0.29, 0.717) is 12.3 Å². The predicted molar refractivity (Wildman–Crippen MR) is 81.3 cm³/mol. The maximum atomic E-state index is 13.2. The highest BCUT2D eigenvalue weighted by Gasteiger charge is 2.30. The summed E-state index contributed by atoms with van der Waals surface area (Å²) in [6.07, 6.45) is 0.616. The van der Waals surface area contributed by atoms with Crippen molar-refractivity contribution in [2.75, 3.05) is 6.54 Å². The molecule has 0 aromatic heterocycles. The second-order valence-corrected chi connectivity index (χ2v) is 8.08. The molecular weight excluding hydrogens is 347 g/mol. The molecule has 20 heavy (non-hydrogen) atoms. The molecular formula is C13H20BrFN2O2S. The summed E-state index contributed by atoms with van der Waals surface area (Å²) in [6, 6.07) is 3.58. The Balaban J connectivity index is 3.07. The Morgan fingerprint density at radius 3 is 2.50 bits per heavy atom. The number of nitrogens with one attached hydrogen (secondary N) is 1. The zero-order chi connectivity index (χ0) is 15.6. The van der Waals surface area contributed by atoms with Crippen molar-refractivity contribution in [1.29, 1.82) is 0 Å². The standard InChI is InChI=1S/C13H20BrFN2O2S/c1-9(2)7-13(3,8-16)17-20(18,19)10-4-5-12(15)11(14)6-10/h4-6,9,17H,7-8,16H2,1-3H3. The third-order valence-electron chi connectivity index (χ3n) is 2.89. The fraction of sp³-hybridized carbons (Fsp3) is 0.538. The Bertz CT molecular complexity index is 578. The highest BCUT2D eigenvalue weighted by atomic mass is 79.9. The molecule has 0 radical (unpaired) electrons. The van der Waals surface area contributed by atoms with E-state index in [1.165, 1.54) is 12.1 Å². The first-order chi connectivity index (χ1) is 9.09. The van der Waals surface area contributed by atoms with Gasteiger partial charge >= 0.3 is 0 Å². The number of sulfonamides is 1. The highest BCUT2D eigenvalue weighted by Crippen LogP contribution is 2.23. The molecule has 0 heterocycles. The summed E-state index contributed by atoms with van der Waals surface area (Å²) in [4.78, 5) is 0.00852. The zero-order valence-electron chi connectivity index (χ0n) is 11.8. The van der Waals surface area contributed by atoms with Crippen molar-refractivity contribution >= 4 is 26.0 Å². The molecule has 1 rings (SSSR count). The van der Waals surface area contributed by atoms with Crippen molar-refractivity contribution in [1.82, 2.24) is 4.72 Å². The summed E-state index contributed by atoms with van der Waals surface area (Å²) in [6.45, 7) is 5.95. The summed E-state index contributed by atoms with van der Waals surface area (Å²) in [5.74, 6) is -0.209. The van der Waals surface area contributed by atoms with E-state index < -0.39 is 21.4 Å². The van der Waals surface area contributed by atoms with Gasteiger partial charge < -0.3 is 5.73 Å². The minimum atomic E-state index is -3.74. The van der Waals surface area contributed by atoms with Gasteiger partial charge in [0.05, 0.1) is 9.37 Å². The van der Waals surface area contributed by atoms with Gasteiger partial charge in [-0.3, -0.25) is 0 Å². The minimum Gasteiger partial charge on any atom is -0.329 e. The predicted octanol–water partition coefficient (Wildman–Crippen LogP) is 2.63. The lowest BCUT2D eigenvalue weighted by molar-refractivity contribution is 0.344. The van der Waals surface area contributed by atoms with Crippen molar-refractivity contribution in [3.05, 3.63) is 28.5 Å². The van der Waals surface area contributed by atoms with E-state index in [1.54, 1.807) is 6.92 Å². The van der Waals surface area contributed by atoms with Crippen molar-refractivity contribution in [2.45, 2.75) is 37.6 Å². The van der Waals surface area contributed by atoms with Crippen LogP contribution in [0.3, 0.4) is 0 Å². The van der Waals surface area contributed by atoms with Crippen LogP contribution < -0.4 is 10.5 Å². The monoisotopic (exact) mass is 366 g/mol. The van der Waals surface area contributed by atoms with Crippen LogP contribution in [0.25, 0.3) is 0 Å². The van der Waals surface area contributed by atoms with E-state index in [0.717, 1.165) is 6.07 Å². The molecule has 0 saturated heterocycles. The first-order valence-corrected chi connectivity index (χ1v) is 8.56. The van der Waals surface area contributed by atoms with Gasteiger partial charge in [0.25, 0.3) is 0 Å². The molecule has 7 heteroatoms. The maximum absolute atomic E-state index is 13.2. The smallest absolute Gasteiger partial charge is 0.241 e. The Hall–Kier alpha value is -0.500. The molecule has 0 fully saturated rings. The van der Waals surface area contributed by atoms with Gasteiger partial charge in [0.2, 0.25) is 10.0 Å². The summed E-state index contributed by atoms with van der Waals surface area (Å²) >= 11 is 2.98. The molecule has 4 nitrogen and oxygen atoms in total. The highest BCUT2D eigenvalue weighted by molar-refractivity contribution is 9.10. The largest absolute Gasteiger partial charge is 0.329 e. The Labute approximate surface area is 128 Å². The van der Waals surface area contributed by atoms with Crippen molar-refractivity contribution in [3.63, 3.8) is 0 Å². The normalized spacial score (nSPS) is 15.3. The van der Waals surface area contributed by atoms with Crippen LogP contribution in [0.4, 0.5) is 4.39 Å². The number of benzene rings is 1. The van der Waals surface area contributed by atoms with Crippen LogP contribution in [0.2, 0.25) is 0 Å². The molecule has 1 aromatic carbocycles. The first-order valence-electron chi connectivity index (χ1n) is 6.29. The quantitative estimate of drug-likeness (QED) is 0.812. The van der Waals surface area contributed by atoms with E-state index >= 15 is 0 Å². The Kier molecular flexibility index (Phi) is 5.71. The molecule has 0 saturated carbocycles. The second-order valence-electron chi connectivity index (χ2n) is 5.54. The van der Waals surface area contributed by atoms with Crippen LogP contribution in [-0.2, 0) is 10.0 Å². The molecule has 114 valence electrons. The molecule has 0 aliphatic rings. The van der Waals surface area contributed by atoms with Crippen LogP contribution >= 0.6 is 15.9 Å². The van der Waals surface area contributed by atoms with Crippen LogP contribution in [0.1, 0.15) is 27.2 Å². The van der Waals surface area contributed by atoms with Gasteiger partial charge in [0, 0.05) is 12.1 Å². The van der Waals surface area contributed by atoms with Gasteiger partial charge in [0.1, 0.15) is 5.82 Å². The van der Waals surface area contributed by atoms with Crippen molar-refractivity contribution in [3.8, 4) is 0 Å². The maximum Gasteiger partial charge on any atom is 0.241 e. The second kappa shape index (κ2) is 6.51. The lowest BCUT2D eigenvalue weighted by atomic mass is 9.92. The fourth-order valence-corrected chi connectivity index (χ4v) is 4.08. The SMILES string of the molecule is CC(C)CC(C)(CN)NS(=O)(=O)c1ccc(F)c(Br)c1. The number of hydrogen-bond donors (Lipinski definition) is 2. The summed E-state index contributed by atoms with van der Waals surface area (Å²) in [5.41, 5.74) is 4.97. The minimum absolute atomic E-state index is 0.00852. The summed E-state index contributed by atoms with van der Waals surface area (Å²) < 4.78 is 40.6. The fourth-order valence-electron chi connectivity index (χ4n) is 2.10. The molecule has 0 aliphatic heterocycles. The van der Waals surface area contributed by atoms with E-state index in [2.05, 4.69) is 20.7 Å². The van der Waals surface area contributed by atoms with E-state index in [-0.39, 0.29) is 15.9 Å². The van der Waals surface area contributed by atoms with Crippen LogP contribution in [-0.4, -0.2) is 20.5 Å². The molecule has 0 bridgehead atoms. The van der Waals surface area contributed by atoms with E-state index in [4.69, 9.17) is 5.73 Å². The summed E-state index contributed by atoms with van der Waals surface area (Å²) in [7, 11) is -3.74. The lowest BCUT2D eigenvalue weighted by Gasteiger charge is -2.30. The molecule has 0 aliphatic carbocycles. The molecule has 1 unspecified atom stereocenters. The number of halogens is 2. The molecule has 1 atom stereocenters. The number of nitrogens with two attached hydrogens (primary N) is 1. The molecule has 0 amide bonds. The van der Waals surface area contributed by atoms with Gasteiger partial charge in [-0.15, -0.1) is 0 Å². The first kappa shape index (κ1) is 17.6. The third kappa shape index (κ3) is 4.51. The lowest BCUT2D eigenvalue weighted by Crippen LogP contribution is -2.51. The van der Waals surface area contributed by atoms with Crippen molar-refractivity contribution < 1.29 is 12.8 Å². The summed E-state index contributed by atoms with van der Waals surface area (Å²) in [5, 5.41) is 0. The Morgan fingerprint density at radius 1 is 1.45 bits per heavy atom. The average Bonchev–Trinajstić information content (AvgIpc) is 2.30. The molecule has 0 spiro atoms. The van der Waals surface area contributed by atoms with Gasteiger partial charge in [-0.25, -0.2) is 17.5 Å². The van der Waals surface area contributed by atoms with Crippen molar-refractivity contribution in [2.24, 2.45) is 11.7 Å². The molecule has 3 N–H and O–H groups in total. The van der Waals surface area contributed by atoms with E-state index in [1.807, 2.05) is 13.8 Å². The third-order valence-corrected chi connectivity index (χ3v) is 5.14. The van der Waals surface area contributed by atoms with Crippen LogP contribution in [0.5, 0.6) is 0 Å². The van der Waals surface area contributed by atoms with Gasteiger partial charge in [-0.05, 0) is 53.4 Å². The zero-order valence-corrected chi connectivity index (χ0v) is 14.2. The van der Waals surface area contributed by atoms with Crippen LogP contribution in [0, 0.1) is 11.7 Å². The van der Waals surface area contributed by atoms with Gasteiger partial charge in [-0.2, -0.15) is 0 Å². The topological polar surface area (TPSA) is 72.2 Å². The van der Waals surface area contributed by atoms with Gasteiger partial charge in [0.15, 0.2) is 0 Å². The van der Waals surface area contributed by atoms with Crippen LogP contribution in [0.15, 0.2) is 27.6 Å². The molecule has 1 aromatic rings. The number of hydrogen-bond acceptors (Lipinski definition) is 3.